The lowest BCUT2D eigenvalue weighted by Crippen LogP contribution is -2.37. The van der Waals surface area contributed by atoms with Crippen LogP contribution in [0.2, 0.25) is 0 Å². The smallest absolute Gasteiger partial charge is 0.348 e. The Balaban J connectivity index is 1.76. The van der Waals surface area contributed by atoms with E-state index in [2.05, 4.69) is 9.46 Å². The lowest BCUT2D eigenvalue weighted by atomic mass is 10.1. The van der Waals surface area contributed by atoms with Crippen molar-refractivity contribution in [2.45, 2.75) is 35.9 Å². The van der Waals surface area contributed by atoms with Gasteiger partial charge in [-0.2, -0.15) is 0 Å². The highest BCUT2D eigenvalue weighted by molar-refractivity contribution is 7.91. The van der Waals surface area contributed by atoms with E-state index in [9.17, 15) is 13.2 Å². The van der Waals surface area contributed by atoms with Gasteiger partial charge in [-0.1, -0.05) is 0 Å². The number of nitrogens with one attached hydrogen (secondary N) is 1. The molecule has 2 fully saturated rings. The summed E-state index contributed by atoms with van der Waals surface area (Å²) in [6.07, 6.45) is 4.45. The highest BCUT2D eigenvalue weighted by Gasteiger charge is 2.43. The lowest BCUT2D eigenvalue weighted by molar-refractivity contribution is 0.0606. The second-order valence-electron chi connectivity index (χ2n) is 5.43. The molecule has 2 aliphatic carbocycles. The molecule has 2 saturated carbocycles. The van der Waals surface area contributed by atoms with Crippen LogP contribution in [0.15, 0.2) is 16.3 Å². The summed E-state index contributed by atoms with van der Waals surface area (Å²) in [4.78, 5) is 11.7. The zero-order valence-corrected chi connectivity index (χ0v) is 12.8. The number of carbonyl (C=O) groups excluding carboxylic acids is 1. The summed E-state index contributed by atoms with van der Waals surface area (Å²) in [7, 11) is -2.25. The average Bonchev–Trinajstić information content (AvgIpc) is 3.33. The molecule has 1 aromatic heterocycles. The van der Waals surface area contributed by atoms with E-state index >= 15 is 0 Å². The Bertz CT molecular complexity index is 602. The van der Waals surface area contributed by atoms with Crippen molar-refractivity contribution in [3.8, 4) is 0 Å². The molecular formula is C13H17NO4S2. The number of methoxy groups -OCH3 is 1. The molecule has 5 nitrogen and oxygen atoms in total. The van der Waals surface area contributed by atoms with Gasteiger partial charge in [-0.15, -0.1) is 11.3 Å². The Labute approximate surface area is 122 Å². The average molecular weight is 315 g/mol. The molecule has 2 aliphatic rings. The van der Waals surface area contributed by atoms with Gasteiger partial charge in [-0.25, -0.2) is 17.9 Å². The van der Waals surface area contributed by atoms with Gasteiger partial charge in [-0.3, -0.25) is 0 Å². The zero-order valence-electron chi connectivity index (χ0n) is 11.2. The summed E-state index contributed by atoms with van der Waals surface area (Å²) >= 11 is 0.954. The van der Waals surface area contributed by atoms with Gasteiger partial charge < -0.3 is 4.74 Å². The molecular weight excluding hydrogens is 298 g/mol. The van der Waals surface area contributed by atoms with E-state index in [-0.39, 0.29) is 10.3 Å². The Morgan fingerprint density at radius 2 is 1.90 bits per heavy atom. The summed E-state index contributed by atoms with van der Waals surface area (Å²) in [6, 6.07) is 3.04. The van der Waals surface area contributed by atoms with E-state index in [1.165, 1.54) is 19.2 Å². The number of esters is 1. The largest absolute Gasteiger partial charge is 0.465 e. The molecule has 1 N–H and O–H groups in total. The van der Waals surface area contributed by atoms with Crippen LogP contribution >= 0.6 is 11.3 Å². The minimum atomic E-state index is -3.53. The second-order valence-corrected chi connectivity index (χ2v) is 8.46. The van der Waals surface area contributed by atoms with Gasteiger partial charge in [0.1, 0.15) is 9.09 Å². The normalized spacial score (nSPS) is 19.3. The van der Waals surface area contributed by atoms with Crippen molar-refractivity contribution in [3.05, 3.63) is 17.0 Å². The minimum Gasteiger partial charge on any atom is -0.465 e. The molecule has 3 rings (SSSR count). The van der Waals surface area contributed by atoms with Crippen LogP contribution in [0.3, 0.4) is 0 Å². The van der Waals surface area contributed by atoms with E-state index in [1.54, 1.807) is 0 Å². The van der Waals surface area contributed by atoms with Gasteiger partial charge in [0, 0.05) is 6.04 Å². The Morgan fingerprint density at radius 3 is 2.40 bits per heavy atom. The van der Waals surface area contributed by atoms with Crippen LogP contribution in [0.5, 0.6) is 0 Å². The predicted molar refractivity (Wildman–Crippen MR) is 75.2 cm³/mol. The Morgan fingerprint density at radius 1 is 1.30 bits per heavy atom. The number of sulfonamides is 1. The molecule has 0 saturated heterocycles. The summed E-state index contributed by atoms with van der Waals surface area (Å²) in [5.41, 5.74) is 0. The fraction of sp³-hybridized carbons (Fsp3) is 0.615. The first kappa shape index (κ1) is 14.0. The summed E-state index contributed by atoms with van der Waals surface area (Å²) in [5, 5.41) is 0. The van der Waals surface area contributed by atoms with Crippen molar-refractivity contribution in [1.29, 1.82) is 0 Å². The third kappa shape index (κ3) is 2.89. The molecule has 0 bridgehead atoms. The minimum absolute atomic E-state index is 0.0728. The number of carbonyl (C=O) groups is 1. The number of hydrogen-bond acceptors (Lipinski definition) is 5. The van der Waals surface area contributed by atoms with Gasteiger partial charge in [0.15, 0.2) is 0 Å². The zero-order chi connectivity index (χ0) is 14.3. The maximum atomic E-state index is 12.4. The number of ether oxygens (including phenoxy) is 1. The van der Waals surface area contributed by atoms with Crippen LogP contribution in [0.4, 0.5) is 0 Å². The van der Waals surface area contributed by atoms with E-state index in [0.29, 0.717) is 16.7 Å². The number of hydrogen-bond donors (Lipinski definition) is 1. The van der Waals surface area contributed by atoms with Crippen molar-refractivity contribution in [2.24, 2.45) is 11.8 Å². The predicted octanol–water partition coefficient (Wildman–Crippen LogP) is 2.00. The topological polar surface area (TPSA) is 72.5 Å². The molecule has 0 aromatic carbocycles. The maximum Gasteiger partial charge on any atom is 0.348 e. The first-order valence-corrected chi connectivity index (χ1v) is 9.02. The molecule has 7 heteroatoms. The van der Waals surface area contributed by atoms with E-state index in [4.69, 9.17) is 0 Å². The summed E-state index contributed by atoms with van der Waals surface area (Å²) in [6.45, 7) is 0. The van der Waals surface area contributed by atoms with Crippen molar-refractivity contribution < 1.29 is 17.9 Å². The third-order valence-electron chi connectivity index (χ3n) is 3.78. The second kappa shape index (κ2) is 5.13. The molecule has 20 heavy (non-hydrogen) atoms. The van der Waals surface area contributed by atoms with Crippen molar-refractivity contribution in [1.82, 2.24) is 4.72 Å². The first-order chi connectivity index (χ1) is 9.51. The Hall–Kier alpha value is -0.920. The van der Waals surface area contributed by atoms with Gasteiger partial charge in [0.05, 0.1) is 7.11 Å². The summed E-state index contributed by atoms with van der Waals surface area (Å²) < 4.78 is 32.4. The van der Waals surface area contributed by atoms with E-state index in [1.807, 2.05) is 0 Å². The van der Waals surface area contributed by atoms with Crippen LogP contribution in [-0.4, -0.2) is 27.5 Å². The molecule has 0 aliphatic heterocycles. The van der Waals surface area contributed by atoms with Crippen molar-refractivity contribution >= 4 is 27.3 Å². The molecule has 0 radical (unpaired) electrons. The molecule has 0 atom stereocenters. The molecule has 1 heterocycles. The monoisotopic (exact) mass is 315 g/mol. The highest BCUT2D eigenvalue weighted by Crippen LogP contribution is 2.45. The maximum absolute atomic E-state index is 12.4. The van der Waals surface area contributed by atoms with E-state index < -0.39 is 16.0 Å². The van der Waals surface area contributed by atoms with Crippen LogP contribution in [0.1, 0.15) is 35.4 Å². The number of rotatable bonds is 6. The lowest BCUT2D eigenvalue weighted by Gasteiger charge is -2.16. The third-order valence-corrected chi connectivity index (χ3v) is 6.80. The Kier molecular flexibility index (Phi) is 3.60. The molecule has 110 valence electrons. The fourth-order valence-electron chi connectivity index (χ4n) is 2.40. The van der Waals surface area contributed by atoms with Crippen molar-refractivity contribution in [2.75, 3.05) is 7.11 Å². The highest BCUT2D eigenvalue weighted by atomic mass is 32.2. The van der Waals surface area contributed by atoms with Gasteiger partial charge in [-0.05, 0) is 49.7 Å². The van der Waals surface area contributed by atoms with Crippen LogP contribution in [-0.2, 0) is 14.8 Å². The first-order valence-electron chi connectivity index (χ1n) is 6.72. The van der Waals surface area contributed by atoms with Crippen molar-refractivity contribution in [3.63, 3.8) is 0 Å². The number of thiophene rings is 1. The summed E-state index contributed by atoms with van der Waals surface area (Å²) in [5.74, 6) is 0.493. The quantitative estimate of drug-likeness (QED) is 0.815. The van der Waals surface area contributed by atoms with Crippen LogP contribution < -0.4 is 4.72 Å². The van der Waals surface area contributed by atoms with Crippen LogP contribution in [0.25, 0.3) is 0 Å². The SMILES string of the molecule is COC(=O)c1ccc(S(=O)(=O)NC(C2CC2)C2CC2)s1. The van der Waals surface area contributed by atoms with Gasteiger partial charge in [0.2, 0.25) is 10.0 Å². The standard InChI is InChI=1S/C13H17NO4S2/c1-18-13(15)10-6-7-11(19-10)20(16,17)14-12(8-2-3-8)9-4-5-9/h6-9,12,14H,2-5H2,1H3. The van der Waals surface area contributed by atoms with Gasteiger partial charge >= 0.3 is 5.97 Å². The van der Waals surface area contributed by atoms with E-state index in [0.717, 1.165) is 37.0 Å². The fourth-order valence-corrected chi connectivity index (χ4v) is 5.01. The van der Waals surface area contributed by atoms with Crippen LogP contribution in [0, 0.1) is 11.8 Å². The van der Waals surface area contributed by atoms with Gasteiger partial charge in [0.25, 0.3) is 0 Å². The molecule has 0 unspecified atom stereocenters. The molecule has 0 amide bonds. The molecule has 1 aromatic rings. The molecule has 0 spiro atoms.